The second kappa shape index (κ2) is 4.12. The zero-order valence-corrected chi connectivity index (χ0v) is 8.57. The van der Waals surface area contributed by atoms with E-state index in [1.54, 1.807) is 30.5 Å². The highest BCUT2D eigenvalue weighted by Gasteiger charge is 2.05. The van der Waals surface area contributed by atoms with Crippen molar-refractivity contribution in [3.63, 3.8) is 0 Å². The Bertz CT molecular complexity index is 529. The molecule has 0 saturated heterocycles. The third-order valence-corrected chi connectivity index (χ3v) is 2.26. The van der Waals surface area contributed by atoms with Gasteiger partial charge in [0.1, 0.15) is 6.07 Å². The van der Waals surface area contributed by atoms with Crippen LogP contribution in [0.2, 0.25) is 5.02 Å². The number of halogens is 1. The summed E-state index contributed by atoms with van der Waals surface area (Å²) in [5, 5.41) is 9.57. The summed E-state index contributed by atoms with van der Waals surface area (Å²) in [5.41, 5.74) is 2.09. The molecule has 0 radical (unpaired) electrons. The van der Waals surface area contributed by atoms with Crippen LogP contribution < -0.4 is 0 Å². The average molecular weight is 215 g/mol. The molecule has 72 valence electrons. The van der Waals surface area contributed by atoms with Crippen LogP contribution in [0.5, 0.6) is 0 Å². The van der Waals surface area contributed by atoms with Gasteiger partial charge in [0, 0.05) is 16.8 Å². The Morgan fingerprint density at radius 1 is 1.20 bits per heavy atom. The fraction of sp³-hybridized carbons (Fsp3) is 0. The predicted octanol–water partition coefficient (Wildman–Crippen LogP) is 3.27. The van der Waals surface area contributed by atoms with Gasteiger partial charge in [-0.15, -0.1) is 0 Å². The third kappa shape index (κ3) is 1.98. The Balaban J connectivity index is 2.60. The van der Waals surface area contributed by atoms with Crippen molar-refractivity contribution in [1.29, 1.82) is 5.26 Å². The van der Waals surface area contributed by atoms with Crippen molar-refractivity contribution in [3.05, 3.63) is 53.2 Å². The molecule has 0 atom stereocenters. The maximum atomic E-state index is 8.93. The van der Waals surface area contributed by atoms with Crippen LogP contribution in [-0.4, -0.2) is 4.98 Å². The predicted molar refractivity (Wildman–Crippen MR) is 59.4 cm³/mol. The van der Waals surface area contributed by atoms with Crippen molar-refractivity contribution in [2.24, 2.45) is 0 Å². The minimum Gasteiger partial charge on any atom is -0.255 e. The third-order valence-electron chi connectivity index (χ3n) is 2.03. The van der Waals surface area contributed by atoms with E-state index in [0.29, 0.717) is 16.3 Å². The normalized spacial score (nSPS) is 9.60. The first-order valence-corrected chi connectivity index (χ1v) is 4.80. The largest absolute Gasteiger partial charge is 0.255 e. The molecule has 0 bridgehead atoms. The van der Waals surface area contributed by atoms with Gasteiger partial charge in [-0.2, -0.15) is 5.26 Å². The van der Waals surface area contributed by atoms with Crippen molar-refractivity contribution in [3.8, 4) is 17.3 Å². The number of benzene rings is 1. The first-order chi connectivity index (χ1) is 7.31. The molecule has 0 aliphatic rings. The lowest BCUT2D eigenvalue weighted by atomic mass is 10.1. The Morgan fingerprint density at radius 2 is 2.07 bits per heavy atom. The van der Waals surface area contributed by atoms with Gasteiger partial charge < -0.3 is 0 Å². The first kappa shape index (κ1) is 9.70. The summed E-state index contributed by atoms with van der Waals surface area (Å²) < 4.78 is 0. The summed E-state index contributed by atoms with van der Waals surface area (Å²) in [7, 11) is 0. The number of nitrogens with zero attached hydrogens (tertiary/aromatic N) is 2. The molecule has 2 nitrogen and oxygen atoms in total. The van der Waals surface area contributed by atoms with E-state index in [1.807, 2.05) is 12.1 Å². The molecule has 1 aromatic carbocycles. The number of nitriles is 1. The minimum atomic E-state index is 0.555. The smallest absolute Gasteiger partial charge is 0.101 e. The van der Waals surface area contributed by atoms with Crippen LogP contribution in [-0.2, 0) is 0 Å². The van der Waals surface area contributed by atoms with E-state index < -0.39 is 0 Å². The summed E-state index contributed by atoms with van der Waals surface area (Å²) in [6.45, 7) is 0. The number of rotatable bonds is 1. The van der Waals surface area contributed by atoms with Crippen LogP contribution in [0, 0.1) is 11.3 Å². The monoisotopic (exact) mass is 214 g/mol. The van der Waals surface area contributed by atoms with Gasteiger partial charge in [0.2, 0.25) is 0 Å². The molecule has 0 amide bonds. The fourth-order valence-electron chi connectivity index (χ4n) is 1.36. The zero-order chi connectivity index (χ0) is 10.7. The van der Waals surface area contributed by atoms with Crippen molar-refractivity contribution < 1.29 is 0 Å². The van der Waals surface area contributed by atoms with Crippen molar-refractivity contribution in [2.45, 2.75) is 0 Å². The summed E-state index contributed by atoms with van der Waals surface area (Å²) in [6, 6.07) is 12.9. The molecular formula is C12H7ClN2. The van der Waals surface area contributed by atoms with Crippen LogP contribution in [0.4, 0.5) is 0 Å². The summed E-state index contributed by atoms with van der Waals surface area (Å²) in [6.07, 6.45) is 1.66. The van der Waals surface area contributed by atoms with Gasteiger partial charge in [-0.25, -0.2) is 0 Å². The van der Waals surface area contributed by atoms with Crippen LogP contribution in [0.15, 0.2) is 42.6 Å². The summed E-state index contributed by atoms with van der Waals surface area (Å²) in [4.78, 5) is 4.18. The molecule has 0 N–H and O–H groups in total. The molecule has 1 aromatic heterocycles. The minimum absolute atomic E-state index is 0.555. The molecule has 0 saturated carbocycles. The molecule has 1 heterocycles. The molecule has 15 heavy (non-hydrogen) atoms. The van der Waals surface area contributed by atoms with E-state index in [0.717, 1.165) is 5.56 Å². The van der Waals surface area contributed by atoms with Crippen LogP contribution >= 0.6 is 11.6 Å². The quantitative estimate of drug-likeness (QED) is 0.731. The van der Waals surface area contributed by atoms with E-state index >= 15 is 0 Å². The van der Waals surface area contributed by atoms with E-state index in [2.05, 4.69) is 11.1 Å². The van der Waals surface area contributed by atoms with Gasteiger partial charge in [-0.3, -0.25) is 4.98 Å². The molecule has 3 heteroatoms. The Hall–Kier alpha value is -1.85. The van der Waals surface area contributed by atoms with Crippen molar-refractivity contribution >= 4 is 11.6 Å². The first-order valence-electron chi connectivity index (χ1n) is 4.42. The zero-order valence-electron chi connectivity index (χ0n) is 7.81. The standard InChI is InChI=1S/C12H7ClN2/c13-11-5-1-3-9(7-11)12-10(8-14)4-2-6-15-12/h1-7H. The molecule has 0 aliphatic heterocycles. The second-order valence-corrected chi connectivity index (χ2v) is 3.46. The maximum Gasteiger partial charge on any atom is 0.101 e. The molecule has 2 aromatic rings. The van der Waals surface area contributed by atoms with E-state index in [-0.39, 0.29) is 0 Å². The number of hydrogen-bond donors (Lipinski definition) is 0. The molecular weight excluding hydrogens is 208 g/mol. The van der Waals surface area contributed by atoms with Gasteiger partial charge in [-0.05, 0) is 24.3 Å². The molecule has 0 spiro atoms. The Morgan fingerprint density at radius 3 is 2.80 bits per heavy atom. The lowest BCUT2D eigenvalue weighted by Gasteiger charge is -2.02. The number of pyridine rings is 1. The summed E-state index contributed by atoms with van der Waals surface area (Å²) in [5.74, 6) is 0. The van der Waals surface area contributed by atoms with E-state index in [9.17, 15) is 0 Å². The number of aromatic nitrogens is 1. The Labute approximate surface area is 92.8 Å². The summed E-state index contributed by atoms with van der Waals surface area (Å²) >= 11 is 5.88. The molecule has 0 aliphatic carbocycles. The van der Waals surface area contributed by atoms with Gasteiger partial charge >= 0.3 is 0 Å². The van der Waals surface area contributed by atoms with Crippen LogP contribution in [0.1, 0.15) is 5.56 Å². The highest BCUT2D eigenvalue weighted by Crippen LogP contribution is 2.23. The van der Waals surface area contributed by atoms with Crippen molar-refractivity contribution in [2.75, 3.05) is 0 Å². The highest BCUT2D eigenvalue weighted by atomic mass is 35.5. The van der Waals surface area contributed by atoms with Crippen LogP contribution in [0.3, 0.4) is 0 Å². The molecule has 2 rings (SSSR count). The van der Waals surface area contributed by atoms with Gasteiger partial charge in [0.05, 0.1) is 11.3 Å². The molecule has 0 unspecified atom stereocenters. The SMILES string of the molecule is N#Cc1cccnc1-c1cccc(Cl)c1. The van der Waals surface area contributed by atoms with E-state index in [4.69, 9.17) is 16.9 Å². The van der Waals surface area contributed by atoms with Gasteiger partial charge in [0.25, 0.3) is 0 Å². The van der Waals surface area contributed by atoms with E-state index in [1.165, 1.54) is 0 Å². The van der Waals surface area contributed by atoms with Crippen molar-refractivity contribution in [1.82, 2.24) is 4.98 Å². The second-order valence-electron chi connectivity index (χ2n) is 3.02. The topological polar surface area (TPSA) is 36.7 Å². The fourth-order valence-corrected chi connectivity index (χ4v) is 1.55. The molecule has 0 fully saturated rings. The van der Waals surface area contributed by atoms with Gasteiger partial charge in [0.15, 0.2) is 0 Å². The number of hydrogen-bond acceptors (Lipinski definition) is 2. The Kier molecular flexibility index (Phi) is 2.66. The lowest BCUT2D eigenvalue weighted by molar-refractivity contribution is 1.30. The van der Waals surface area contributed by atoms with Gasteiger partial charge in [-0.1, -0.05) is 23.7 Å². The van der Waals surface area contributed by atoms with Crippen LogP contribution in [0.25, 0.3) is 11.3 Å². The lowest BCUT2D eigenvalue weighted by Crippen LogP contribution is -1.87. The average Bonchev–Trinajstić information content (AvgIpc) is 2.29. The highest BCUT2D eigenvalue weighted by molar-refractivity contribution is 6.30. The maximum absolute atomic E-state index is 8.93.